The lowest BCUT2D eigenvalue weighted by atomic mass is 9.72. The molecule has 0 aromatic heterocycles. The van der Waals surface area contributed by atoms with Gasteiger partial charge < -0.3 is 5.32 Å². The minimum absolute atomic E-state index is 0.491. The third kappa shape index (κ3) is 2.61. The smallest absolute Gasteiger partial charge is 0.0207 e. The van der Waals surface area contributed by atoms with E-state index >= 15 is 0 Å². The molecule has 0 spiro atoms. The molecular weight excluding hydrogens is 194 g/mol. The van der Waals surface area contributed by atoms with E-state index in [4.69, 9.17) is 0 Å². The Balaban J connectivity index is 1.91. The van der Waals surface area contributed by atoms with Gasteiger partial charge in [-0.25, -0.2) is 0 Å². The molecule has 2 rings (SSSR count). The average Bonchev–Trinajstić information content (AvgIpc) is 2.71. The van der Waals surface area contributed by atoms with Gasteiger partial charge in [-0.3, -0.25) is 0 Å². The number of hydrogen-bond acceptors (Lipinski definition) is 1. The van der Waals surface area contributed by atoms with Crippen LogP contribution in [0.1, 0.15) is 65.7 Å². The molecule has 2 fully saturated rings. The van der Waals surface area contributed by atoms with Gasteiger partial charge in [-0.1, -0.05) is 46.5 Å². The van der Waals surface area contributed by atoms with Crippen LogP contribution in [0.4, 0.5) is 0 Å². The molecule has 1 heterocycles. The molecule has 2 aliphatic rings. The van der Waals surface area contributed by atoms with E-state index in [0.717, 1.165) is 17.8 Å². The SMILES string of the molecule is CC1CCC(CC2(C(C)C)CCCN2)CC1. The van der Waals surface area contributed by atoms with Crippen LogP contribution in [0.2, 0.25) is 0 Å². The summed E-state index contributed by atoms with van der Waals surface area (Å²) in [5.41, 5.74) is 0.491. The average molecular weight is 223 g/mol. The van der Waals surface area contributed by atoms with Gasteiger partial charge in [0.2, 0.25) is 0 Å². The minimum atomic E-state index is 0.491. The molecule has 1 atom stereocenters. The Hall–Kier alpha value is -0.0400. The Morgan fingerprint density at radius 3 is 2.38 bits per heavy atom. The third-order valence-corrected chi connectivity index (χ3v) is 5.17. The van der Waals surface area contributed by atoms with Gasteiger partial charge in [0.15, 0.2) is 0 Å². The summed E-state index contributed by atoms with van der Waals surface area (Å²) in [5.74, 6) is 2.79. The van der Waals surface area contributed by atoms with Crippen LogP contribution in [0.5, 0.6) is 0 Å². The predicted octanol–water partition coefficient (Wildman–Crippen LogP) is 3.98. The van der Waals surface area contributed by atoms with Gasteiger partial charge in [0, 0.05) is 5.54 Å². The molecule has 1 saturated heterocycles. The van der Waals surface area contributed by atoms with Crippen LogP contribution in [-0.2, 0) is 0 Å². The largest absolute Gasteiger partial charge is 0.311 e. The van der Waals surface area contributed by atoms with E-state index in [-0.39, 0.29) is 0 Å². The normalized spacial score (nSPS) is 40.5. The molecule has 1 N–H and O–H groups in total. The van der Waals surface area contributed by atoms with Crippen LogP contribution in [0.15, 0.2) is 0 Å². The highest BCUT2D eigenvalue weighted by Gasteiger charge is 2.38. The van der Waals surface area contributed by atoms with Crippen LogP contribution in [0.3, 0.4) is 0 Å². The Kier molecular flexibility index (Phi) is 3.94. The van der Waals surface area contributed by atoms with Crippen molar-refractivity contribution < 1.29 is 0 Å². The molecule has 0 radical (unpaired) electrons. The molecule has 94 valence electrons. The van der Waals surface area contributed by atoms with Crippen molar-refractivity contribution >= 4 is 0 Å². The Morgan fingerprint density at radius 1 is 1.19 bits per heavy atom. The van der Waals surface area contributed by atoms with E-state index in [9.17, 15) is 0 Å². The Morgan fingerprint density at radius 2 is 1.88 bits per heavy atom. The Labute approximate surface area is 101 Å². The standard InChI is InChI=1S/C15H29N/c1-12(2)15(9-4-10-16-15)11-14-7-5-13(3)6-8-14/h12-14,16H,4-11H2,1-3H3. The molecule has 1 saturated carbocycles. The summed E-state index contributed by atoms with van der Waals surface area (Å²) in [5, 5.41) is 3.83. The molecule has 16 heavy (non-hydrogen) atoms. The summed E-state index contributed by atoms with van der Waals surface area (Å²) in [7, 11) is 0. The summed E-state index contributed by atoms with van der Waals surface area (Å²) in [6, 6.07) is 0. The molecule has 0 amide bonds. The second kappa shape index (κ2) is 5.08. The van der Waals surface area contributed by atoms with Crippen LogP contribution in [-0.4, -0.2) is 12.1 Å². The summed E-state index contributed by atoms with van der Waals surface area (Å²) in [6.07, 6.45) is 10.2. The van der Waals surface area contributed by atoms with Gasteiger partial charge >= 0.3 is 0 Å². The molecule has 0 aromatic rings. The fourth-order valence-electron chi connectivity index (χ4n) is 3.78. The van der Waals surface area contributed by atoms with Crippen LogP contribution in [0.25, 0.3) is 0 Å². The summed E-state index contributed by atoms with van der Waals surface area (Å²) >= 11 is 0. The van der Waals surface area contributed by atoms with Crippen molar-refractivity contribution in [3.05, 3.63) is 0 Å². The zero-order valence-corrected chi connectivity index (χ0v) is 11.4. The highest BCUT2D eigenvalue weighted by atomic mass is 15.0. The fraction of sp³-hybridized carbons (Fsp3) is 1.00. The number of hydrogen-bond donors (Lipinski definition) is 1. The van der Waals surface area contributed by atoms with E-state index in [0.29, 0.717) is 5.54 Å². The summed E-state index contributed by atoms with van der Waals surface area (Å²) in [4.78, 5) is 0. The van der Waals surface area contributed by atoms with Crippen molar-refractivity contribution in [1.29, 1.82) is 0 Å². The van der Waals surface area contributed by atoms with Gasteiger partial charge in [0.05, 0.1) is 0 Å². The van der Waals surface area contributed by atoms with Crippen molar-refractivity contribution in [3.63, 3.8) is 0 Å². The van der Waals surface area contributed by atoms with Crippen molar-refractivity contribution in [2.75, 3.05) is 6.54 Å². The molecule has 1 aliphatic carbocycles. The molecule has 0 bridgehead atoms. The first-order chi connectivity index (χ1) is 7.62. The maximum absolute atomic E-state index is 3.83. The van der Waals surface area contributed by atoms with Crippen molar-refractivity contribution in [2.24, 2.45) is 17.8 Å². The maximum atomic E-state index is 3.83. The highest BCUT2D eigenvalue weighted by Crippen LogP contribution is 2.39. The first-order valence-electron chi connectivity index (χ1n) is 7.37. The fourth-order valence-corrected chi connectivity index (χ4v) is 3.78. The zero-order chi connectivity index (χ0) is 11.6. The van der Waals surface area contributed by atoms with Crippen LogP contribution >= 0.6 is 0 Å². The van der Waals surface area contributed by atoms with Crippen molar-refractivity contribution in [1.82, 2.24) is 5.32 Å². The van der Waals surface area contributed by atoms with E-state index < -0.39 is 0 Å². The predicted molar refractivity (Wildman–Crippen MR) is 70.5 cm³/mol. The summed E-state index contributed by atoms with van der Waals surface area (Å²) < 4.78 is 0. The molecular formula is C15H29N. The van der Waals surface area contributed by atoms with Crippen molar-refractivity contribution in [3.8, 4) is 0 Å². The monoisotopic (exact) mass is 223 g/mol. The molecule has 1 aliphatic heterocycles. The van der Waals surface area contributed by atoms with E-state index in [1.807, 2.05) is 0 Å². The summed E-state index contributed by atoms with van der Waals surface area (Å²) in [6.45, 7) is 8.48. The van der Waals surface area contributed by atoms with Gasteiger partial charge in [-0.05, 0) is 43.6 Å². The van der Waals surface area contributed by atoms with Crippen LogP contribution in [0, 0.1) is 17.8 Å². The minimum Gasteiger partial charge on any atom is -0.311 e. The second-order valence-electron chi connectivity index (χ2n) is 6.67. The number of nitrogens with one attached hydrogen (secondary N) is 1. The first kappa shape index (κ1) is 12.4. The van der Waals surface area contributed by atoms with E-state index in [2.05, 4.69) is 26.1 Å². The lowest BCUT2D eigenvalue weighted by Gasteiger charge is -2.39. The van der Waals surface area contributed by atoms with Gasteiger partial charge in [0.25, 0.3) is 0 Å². The maximum Gasteiger partial charge on any atom is 0.0207 e. The third-order valence-electron chi connectivity index (χ3n) is 5.17. The molecule has 1 heteroatoms. The van der Waals surface area contributed by atoms with E-state index in [1.54, 1.807) is 0 Å². The Bertz CT molecular complexity index is 207. The topological polar surface area (TPSA) is 12.0 Å². The van der Waals surface area contributed by atoms with Gasteiger partial charge in [-0.2, -0.15) is 0 Å². The van der Waals surface area contributed by atoms with E-state index in [1.165, 1.54) is 51.5 Å². The molecule has 0 aromatic carbocycles. The quantitative estimate of drug-likeness (QED) is 0.763. The van der Waals surface area contributed by atoms with Gasteiger partial charge in [-0.15, -0.1) is 0 Å². The second-order valence-corrected chi connectivity index (χ2v) is 6.67. The molecule has 1 unspecified atom stereocenters. The lowest BCUT2D eigenvalue weighted by molar-refractivity contribution is 0.171. The highest BCUT2D eigenvalue weighted by molar-refractivity contribution is 4.97. The zero-order valence-electron chi connectivity index (χ0n) is 11.4. The van der Waals surface area contributed by atoms with Gasteiger partial charge in [0.1, 0.15) is 0 Å². The lowest BCUT2D eigenvalue weighted by Crippen LogP contribution is -2.46. The van der Waals surface area contributed by atoms with Crippen molar-refractivity contribution in [2.45, 2.75) is 71.3 Å². The molecule has 1 nitrogen and oxygen atoms in total. The number of rotatable bonds is 3. The van der Waals surface area contributed by atoms with Crippen LogP contribution < -0.4 is 5.32 Å². The first-order valence-corrected chi connectivity index (χ1v) is 7.37.